The molecule has 0 radical (unpaired) electrons. The van der Waals surface area contributed by atoms with Crippen LogP contribution in [-0.4, -0.2) is 16.8 Å². The van der Waals surface area contributed by atoms with E-state index in [0.717, 1.165) is 11.6 Å². The van der Waals surface area contributed by atoms with Crippen LogP contribution < -0.4 is 5.32 Å². The molecule has 1 unspecified atom stereocenters. The quantitative estimate of drug-likeness (QED) is 0.687. The van der Waals surface area contributed by atoms with E-state index >= 15 is 0 Å². The van der Waals surface area contributed by atoms with Gasteiger partial charge in [0.05, 0.1) is 5.69 Å². The van der Waals surface area contributed by atoms with Gasteiger partial charge < -0.3 is 5.32 Å². The minimum Gasteiger partial charge on any atom is -0.383 e. The highest BCUT2D eigenvalue weighted by Crippen LogP contribution is 2.32. The molecule has 0 saturated heterocycles. The third-order valence-corrected chi connectivity index (χ3v) is 3.35. The normalized spacial score (nSPS) is 21.5. The maximum absolute atomic E-state index is 4.43. The molecule has 0 saturated carbocycles. The van der Waals surface area contributed by atoms with Crippen molar-refractivity contribution in [2.45, 2.75) is 30.5 Å². The first-order valence-electron chi connectivity index (χ1n) is 4.63. The monoisotopic (exact) mass is 194 g/mol. The smallest absolute Gasteiger partial charge is 0.119 e. The Morgan fingerprint density at radius 3 is 3.31 bits per heavy atom. The lowest BCUT2D eigenvalue weighted by Crippen LogP contribution is -2.03. The van der Waals surface area contributed by atoms with E-state index in [1.807, 2.05) is 18.0 Å². The fourth-order valence-electron chi connectivity index (χ4n) is 1.44. The zero-order valence-corrected chi connectivity index (χ0v) is 8.82. The summed E-state index contributed by atoms with van der Waals surface area (Å²) < 4.78 is 0. The van der Waals surface area contributed by atoms with Gasteiger partial charge in [-0.05, 0) is 25.0 Å². The molecule has 1 aliphatic rings. The summed E-state index contributed by atoms with van der Waals surface area (Å²) in [5.41, 5.74) is 2.43. The van der Waals surface area contributed by atoms with Gasteiger partial charge in [-0.15, -0.1) is 11.8 Å². The third kappa shape index (κ3) is 1.97. The Kier molecular flexibility index (Phi) is 2.44. The fraction of sp³-hybridized carbons (Fsp3) is 0.500. The first kappa shape index (κ1) is 8.88. The van der Waals surface area contributed by atoms with Crippen LogP contribution in [0.4, 0.5) is 5.69 Å². The molecule has 70 valence electrons. The van der Waals surface area contributed by atoms with Crippen molar-refractivity contribution >= 4 is 17.4 Å². The highest BCUT2D eigenvalue weighted by atomic mass is 32.2. The van der Waals surface area contributed by atoms with Gasteiger partial charge >= 0.3 is 0 Å². The van der Waals surface area contributed by atoms with E-state index in [9.17, 15) is 0 Å². The van der Waals surface area contributed by atoms with Gasteiger partial charge in [0.1, 0.15) is 5.03 Å². The molecule has 1 atom stereocenters. The number of aryl methyl sites for hydroxylation is 1. The van der Waals surface area contributed by atoms with Crippen LogP contribution >= 0.6 is 11.8 Å². The minimum absolute atomic E-state index is 0.670. The second-order valence-corrected chi connectivity index (χ2v) is 4.94. The summed E-state index contributed by atoms with van der Waals surface area (Å²) in [5.74, 6) is 0. The molecule has 0 fully saturated rings. The van der Waals surface area contributed by atoms with E-state index in [2.05, 4.69) is 30.2 Å². The van der Waals surface area contributed by atoms with E-state index in [4.69, 9.17) is 0 Å². The number of fused-ring (bicyclic) bond motifs is 1. The Labute approximate surface area is 83.1 Å². The van der Waals surface area contributed by atoms with Crippen LogP contribution in [0.15, 0.2) is 17.3 Å². The summed E-state index contributed by atoms with van der Waals surface area (Å²) in [6, 6.07) is 2.17. The lowest BCUT2D eigenvalue weighted by atomic mass is 10.3. The number of rotatable bonds is 0. The SMILES string of the molecule is Cc1cnc2c(c1)NCCC(C)S2. The lowest BCUT2D eigenvalue weighted by Gasteiger charge is -2.06. The standard InChI is InChI=1S/C10H14N2S/c1-7-5-9-10(12-6-7)13-8(2)3-4-11-9/h5-6,8,11H,3-4H2,1-2H3. The molecule has 2 nitrogen and oxygen atoms in total. The molecule has 1 aromatic heterocycles. The number of aromatic nitrogens is 1. The van der Waals surface area contributed by atoms with Crippen LogP contribution in [0.1, 0.15) is 18.9 Å². The van der Waals surface area contributed by atoms with Gasteiger partial charge in [0.2, 0.25) is 0 Å². The number of nitrogens with zero attached hydrogens (tertiary/aromatic N) is 1. The van der Waals surface area contributed by atoms with Crippen LogP contribution in [0.3, 0.4) is 0 Å². The fourth-order valence-corrected chi connectivity index (χ4v) is 2.43. The first-order chi connectivity index (χ1) is 6.25. The summed E-state index contributed by atoms with van der Waals surface area (Å²) in [4.78, 5) is 4.43. The maximum Gasteiger partial charge on any atom is 0.119 e. The number of nitrogens with one attached hydrogen (secondary N) is 1. The molecule has 1 aromatic rings. The number of hydrogen-bond acceptors (Lipinski definition) is 3. The molecule has 3 heteroatoms. The predicted molar refractivity (Wildman–Crippen MR) is 57.4 cm³/mol. The second-order valence-electron chi connectivity index (χ2n) is 3.51. The highest BCUT2D eigenvalue weighted by molar-refractivity contribution is 8.00. The summed E-state index contributed by atoms with van der Waals surface area (Å²) >= 11 is 1.87. The van der Waals surface area contributed by atoms with Gasteiger partial charge in [-0.2, -0.15) is 0 Å². The van der Waals surface area contributed by atoms with E-state index < -0.39 is 0 Å². The highest BCUT2D eigenvalue weighted by Gasteiger charge is 2.13. The largest absolute Gasteiger partial charge is 0.383 e. The zero-order chi connectivity index (χ0) is 9.26. The van der Waals surface area contributed by atoms with Crippen molar-refractivity contribution in [2.24, 2.45) is 0 Å². The number of anilines is 1. The van der Waals surface area contributed by atoms with Crippen LogP contribution in [0.2, 0.25) is 0 Å². The van der Waals surface area contributed by atoms with Crippen molar-refractivity contribution in [1.82, 2.24) is 4.98 Å². The zero-order valence-electron chi connectivity index (χ0n) is 8.00. The molecule has 0 aromatic carbocycles. The molecule has 2 rings (SSSR count). The van der Waals surface area contributed by atoms with E-state index in [0.29, 0.717) is 5.25 Å². The Morgan fingerprint density at radius 2 is 2.46 bits per heavy atom. The van der Waals surface area contributed by atoms with Gasteiger partial charge in [0, 0.05) is 18.0 Å². The number of pyridine rings is 1. The molecule has 1 N–H and O–H groups in total. The first-order valence-corrected chi connectivity index (χ1v) is 5.51. The van der Waals surface area contributed by atoms with Crippen LogP contribution in [0.25, 0.3) is 0 Å². The van der Waals surface area contributed by atoms with Gasteiger partial charge in [-0.25, -0.2) is 4.98 Å². The summed E-state index contributed by atoms with van der Waals surface area (Å²) in [5, 5.41) is 5.23. The number of hydrogen-bond donors (Lipinski definition) is 1. The lowest BCUT2D eigenvalue weighted by molar-refractivity contribution is 0.860. The molecule has 0 amide bonds. The molecular weight excluding hydrogens is 180 g/mol. The molecular formula is C10H14N2S. The Bertz CT molecular complexity index is 312. The molecule has 0 spiro atoms. The Balaban J connectivity index is 2.34. The minimum atomic E-state index is 0.670. The van der Waals surface area contributed by atoms with Gasteiger partial charge in [-0.1, -0.05) is 6.92 Å². The van der Waals surface area contributed by atoms with Crippen LogP contribution in [0, 0.1) is 6.92 Å². The second kappa shape index (κ2) is 3.58. The van der Waals surface area contributed by atoms with Crippen molar-refractivity contribution in [3.8, 4) is 0 Å². The van der Waals surface area contributed by atoms with Crippen LogP contribution in [0.5, 0.6) is 0 Å². The third-order valence-electron chi connectivity index (χ3n) is 2.17. The van der Waals surface area contributed by atoms with E-state index in [-0.39, 0.29) is 0 Å². The van der Waals surface area contributed by atoms with Crippen molar-refractivity contribution in [1.29, 1.82) is 0 Å². The Morgan fingerprint density at radius 1 is 1.62 bits per heavy atom. The maximum atomic E-state index is 4.43. The average molecular weight is 194 g/mol. The van der Waals surface area contributed by atoms with E-state index in [1.165, 1.54) is 17.7 Å². The van der Waals surface area contributed by atoms with Crippen molar-refractivity contribution in [3.63, 3.8) is 0 Å². The Hall–Kier alpha value is -0.700. The summed E-state index contributed by atoms with van der Waals surface area (Å²) in [6.45, 7) is 5.39. The predicted octanol–water partition coefficient (Wildman–Crippen LogP) is 2.69. The summed E-state index contributed by atoms with van der Waals surface area (Å²) in [7, 11) is 0. The van der Waals surface area contributed by atoms with Crippen LogP contribution in [-0.2, 0) is 0 Å². The van der Waals surface area contributed by atoms with Gasteiger partial charge in [0.15, 0.2) is 0 Å². The molecule has 0 bridgehead atoms. The molecule has 2 heterocycles. The summed E-state index contributed by atoms with van der Waals surface area (Å²) in [6.07, 6.45) is 3.14. The number of thioether (sulfide) groups is 1. The molecule has 0 aliphatic carbocycles. The van der Waals surface area contributed by atoms with Gasteiger partial charge in [-0.3, -0.25) is 0 Å². The topological polar surface area (TPSA) is 24.9 Å². The average Bonchev–Trinajstić information content (AvgIpc) is 2.25. The van der Waals surface area contributed by atoms with E-state index in [1.54, 1.807) is 0 Å². The van der Waals surface area contributed by atoms with Gasteiger partial charge in [0.25, 0.3) is 0 Å². The molecule has 13 heavy (non-hydrogen) atoms. The molecule has 1 aliphatic heterocycles. The van der Waals surface area contributed by atoms with Crippen molar-refractivity contribution < 1.29 is 0 Å². The van der Waals surface area contributed by atoms with Crippen molar-refractivity contribution in [3.05, 3.63) is 17.8 Å². The van der Waals surface area contributed by atoms with Crippen molar-refractivity contribution in [2.75, 3.05) is 11.9 Å².